The van der Waals surface area contributed by atoms with E-state index in [9.17, 15) is 18.4 Å². The first-order valence-corrected chi connectivity index (χ1v) is 11.9. The maximum Gasteiger partial charge on any atom is 0.344 e. The summed E-state index contributed by atoms with van der Waals surface area (Å²) < 4.78 is 65.2. The lowest BCUT2D eigenvalue weighted by atomic mass is 10.1. The van der Waals surface area contributed by atoms with Crippen molar-refractivity contribution in [1.29, 1.82) is 0 Å². The topological polar surface area (TPSA) is 54.8 Å². The molecule has 0 N–H and O–H groups in total. The molecule has 1 atom stereocenters. The molecule has 3 aromatic rings. The molecule has 0 spiro atoms. The van der Waals surface area contributed by atoms with Crippen molar-refractivity contribution < 1.29 is 27.1 Å². The SMILES string of the molecule is CCOC(=O)c1c2n(c3c(F)c(N4CCN(C)CC4)c(F)cc3c1=O)C(c1ccc(F)c(F)c1)S2. The molecule has 6 nitrogen and oxygen atoms in total. The Morgan fingerprint density at radius 2 is 1.77 bits per heavy atom. The van der Waals surface area contributed by atoms with Crippen LogP contribution in [0, 0.1) is 23.3 Å². The minimum absolute atomic E-state index is 0.00190. The fourth-order valence-electron chi connectivity index (χ4n) is 4.50. The van der Waals surface area contributed by atoms with Crippen LogP contribution in [0.3, 0.4) is 0 Å². The van der Waals surface area contributed by atoms with Crippen LogP contribution in [0.2, 0.25) is 0 Å². The molecule has 2 aliphatic rings. The molecule has 5 rings (SSSR count). The Labute approximate surface area is 202 Å². The van der Waals surface area contributed by atoms with Crippen molar-refractivity contribution in [2.75, 3.05) is 44.7 Å². The van der Waals surface area contributed by atoms with Gasteiger partial charge in [0.15, 0.2) is 17.5 Å². The summed E-state index contributed by atoms with van der Waals surface area (Å²) in [4.78, 5) is 29.5. The van der Waals surface area contributed by atoms with Crippen molar-refractivity contribution in [2.24, 2.45) is 0 Å². The van der Waals surface area contributed by atoms with Gasteiger partial charge in [0.25, 0.3) is 0 Å². The fraction of sp³-hybridized carbons (Fsp3) is 0.333. The molecule has 0 bridgehead atoms. The van der Waals surface area contributed by atoms with E-state index < -0.39 is 40.0 Å². The normalized spacial score (nSPS) is 17.9. The highest BCUT2D eigenvalue weighted by Crippen LogP contribution is 2.51. The van der Waals surface area contributed by atoms with Gasteiger partial charge in [-0.25, -0.2) is 22.4 Å². The third-order valence-electron chi connectivity index (χ3n) is 6.30. The number of nitrogens with zero attached hydrogens (tertiary/aromatic N) is 3. The second-order valence-corrected chi connectivity index (χ2v) is 9.52. The summed E-state index contributed by atoms with van der Waals surface area (Å²) in [6.07, 6.45) is 0. The lowest BCUT2D eigenvalue weighted by Gasteiger charge is -2.37. The van der Waals surface area contributed by atoms with E-state index in [0.29, 0.717) is 31.7 Å². The first-order valence-electron chi connectivity index (χ1n) is 11.0. The van der Waals surface area contributed by atoms with Gasteiger partial charge in [-0.05, 0) is 37.7 Å². The van der Waals surface area contributed by atoms with Crippen molar-refractivity contribution in [3.63, 3.8) is 0 Å². The van der Waals surface area contributed by atoms with Gasteiger partial charge in [-0.15, -0.1) is 0 Å². The van der Waals surface area contributed by atoms with Crippen LogP contribution in [-0.4, -0.2) is 55.3 Å². The summed E-state index contributed by atoms with van der Waals surface area (Å²) in [6.45, 7) is 3.54. The van der Waals surface area contributed by atoms with Gasteiger partial charge in [-0.1, -0.05) is 17.8 Å². The second-order valence-electron chi connectivity index (χ2n) is 8.45. The number of hydrogen-bond donors (Lipinski definition) is 0. The fourth-order valence-corrected chi connectivity index (χ4v) is 5.75. The van der Waals surface area contributed by atoms with Gasteiger partial charge in [0.2, 0.25) is 5.43 Å². The number of anilines is 1. The van der Waals surface area contributed by atoms with Crippen molar-refractivity contribution in [1.82, 2.24) is 9.47 Å². The van der Waals surface area contributed by atoms with Crippen molar-refractivity contribution in [3.05, 3.63) is 68.9 Å². The van der Waals surface area contributed by atoms with Crippen LogP contribution in [0.25, 0.3) is 10.9 Å². The average Bonchev–Trinajstić information content (AvgIpc) is 2.80. The van der Waals surface area contributed by atoms with Gasteiger partial charge in [-0.3, -0.25) is 4.79 Å². The van der Waals surface area contributed by atoms with Gasteiger partial charge in [0, 0.05) is 26.2 Å². The maximum absolute atomic E-state index is 16.1. The molecule has 0 saturated carbocycles. The van der Waals surface area contributed by atoms with Crippen LogP contribution in [0.15, 0.2) is 34.1 Å². The molecule has 3 heterocycles. The highest BCUT2D eigenvalue weighted by atomic mass is 32.2. The molecule has 2 aromatic carbocycles. The minimum Gasteiger partial charge on any atom is -0.462 e. The molecule has 0 aliphatic carbocycles. The van der Waals surface area contributed by atoms with E-state index in [0.717, 1.165) is 30.0 Å². The number of rotatable bonds is 4. The van der Waals surface area contributed by atoms with E-state index >= 15 is 8.78 Å². The van der Waals surface area contributed by atoms with Crippen molar-refractivity contribution in [3.8, 4) is 0 Å². The first kappa shape index (κ1) is 23.7. The molecule has 184 valence electrons. The standard InChI is InChI=1S/C24H21F4N3O3S/c1-3-34-24(33)17-21(32)13-11-16(27)20(30-8-6-29(2)7-9-30)18(28)19(13)31-22(35-23(17)31)12-4-5-14(25)15(26)10-12/h4-5,10-11,22H,3,6-9H2,1-2H3. The number of carbonyl (C=O) groups is 1. The number of thioether (sulfide) groups is 1. The third-order valence-corrected chi connectivity index (χ3v) is 7.63. The van der Waals surface area contributed by atoms with Crippen LogP contribution < -0.4 is 10.3 Å². The van der Waals surface area contributed by atoms with Gasteiger partial charge < -0.3 is 19.1 Å². The van der Waals surface area contributed by atoms with Gasteiger partial charge in [0.1, 0.15) is 22.4 Å². The Kier molecular flexibility index (Phi) is 6.00. The number of aromatic nitrogens is 1. The average molecular weight is 508 g/mol. The quantitative estimate of drug-likeness (QED) is 0.391. The number of halogens is 4. The zero-order chi connectivity index (χ0) is 25.0. The number of carbonyl (C=O) groups excluding carboxylic acids is 1. The minimum atomic E-state index is -1.09. The van der Waals surface area contributed by atoms with E-state index in [1.807, 2.05) is 11.9 Å². The monoisotopic (exact) mass is 507 g/mol. The van der Waals surface area contributed by atoms with Crippen molar-refractivity contribution in [2.45, 2.75) is 17.3 Å². The summed E-state index contributed by atoms with van der Waals surface area (Å²) in [5.41, 5.74) is -1.34. The molecule has 0 radical (unpaired) electrons. The third kappa shape index (κ3) is 3.77. The van der Waals surface area contributed by atoms with Crippen LogP contribution in [0.4, 0.5) is 23.2 Å². The molecule has 11 heteroatoms. The molecule has 1 fully saturated rings. The summed E-state index contributed by atoms with van der Waals surface area (Å²) in [5, 5.41) is -0.959. The predicted octanol–water partition coefficient (Wildman–Crippen LogP) is 4.14. The molecular weight excluding hydrogens is 486 g/mol. The lowest BCUT2D eigenvalue weighted by Crippen LogP contribution is -2.45. The van der Waals surface area contributed by atoms with E-state index in [-0.39, 0.29) is 33.8 Å². The van der Waals surface area contributed by atoms with E-state index in [2.05, 4.69) is 0 Å². The number of piperazine rings is 1. The summed E-state index contributed by atoms with van der Waals surface area (Å²) in [5.74, 6) is -4.89. The van der Waals surface area contributed by atoms with E-state index in [1.165, 1.54) is 10.6 Å². The van der Waals surface area contributed by atoms with Crippen LogP contribution in [-0.2, 0) is 4.74 Å². The van der Waals surface area contributed by atoms with Gasteiger partial charge in [0.05, 0.1) is 22.5 Å². The largest absolute Gasteiger partial charge is 0.462 e. The Bertz CT molecular complexity index is 1420. The Morgan fingerprint density at radius 1 is 1.06 bits per heavy atom. The number of likely N-dealkylation sites (N-methyl/N-ethyl adjacent to an activating group) is 1. The molecule has 1 unspecified atom stereocenters. The number of hydrogen-bond acceptors (Lipinski definition) is 6. The molecule has 1 saturated heterocycles. The second kappa shape index (κ2) is 8.87. The Balaban J connectivity index is 1.77. The number of pyridine rings is 1. The molecular formula is C24H21F4N3O3S. The number of benzene rings is 2. The first-order chi connectivity index (χ1) is 16.7. The predicted molar refractivity (Wildman–Crippen MR) is 124 cm³/mol. The smallest absolute Gasteiger partial charge is 0.344 e. The lowest BCUT2D eigenvalue weighted by molar-refractivity contribution is 0.0518. The highest BCUT2D eigenvalue weighted by molar-refractivity contribution is 8.00. The molecule has 0 amide bonds. The van der Waals surface area contributed by atoms with Gasteiger partial charge in [-0.2, -0.15) is 0 Å². The van der Waals surface area contributed by atoms with E-state index in [4.69, 9.17) is 4.74 Å². The van der Waals surface area contributed by atoms with Crippen molar-refractivity contribution >= 4 is 34.3 Å². The van der Waals surface area contributed by atoms with Crippen LogP contribution >= 0.6 is 11.8 Å². The maximum atomic E-state index is 16.1. The highest BCUT2D eigenvalue weighted by Gasteiger charge is 2.39. The van der Waals surface area contributed by atoms with Gasteiger partial charge >= 0.3 is 5.97 Å². The van der Waals surface area contributed by atoms with Crippen LogP contribution in [0.5, 0.6) is 0 Å². The molecule has 2 aliphatic heterocycles. The Morgan fingerprint density at radius 3 is 2.43 bits per heavy atom. The zero-order valence-electron chi connectivity index (χ0n) is 18.9. The number of fused-ring (bicyclic) bond motifs is 3. The van der Waals surface area contributed by atoms with Crippen LogP contribution in [0.1, 0.15) is 28.2 Å². The summed E-state index contributed by atoms with van der Waals surface area (Å²) >= 11 is 1.02. The summed E-state index contributed by atoms with van der Waals surface area (Å²) in [6, 6.07) is 4.21. The molecule has 1 aromatic heterocycles. The van der Waals surface area contributed by atoms with E-state index in [1.54, 1.807) is 11.8 Å². The Hall–Kier alpha value is -3.05. The number of esters is 1. The molecule has 35 heavy (non-hydrogen) atoms. The summed E-state index contributed by atoms with van der Waals surface area (Å²) in [7, 11) is 1.91. The number of ether oxygens (including phenoxy) is 1. The zero-order valence-corrected chi connectivity index (χ0v) is 19.7.